The summed E-state index contributed by atoms with van der Waals surface area (Å²) >= 11 is 14.6. The second-order valence-corrected chi connectivity index (χ2v) is 13.7. The maximum Gasteiger partial charge on any atom is 0.488 e. The van der Waals surface area contributed by atoms with Gasteiger partial charge < -0.3 is 20.7 Å². The maximum atomic E-state index is 8.67. The molecule has 2 fully saturated rings. The highest BCUT2D eigenvalue weighted by Crippen LogP contribution is 2.34. The highest BCUT2D eigenvalue weighted by Gasteiger charge is 2.20. The van der Waals surface area contributed by atoms with E-state index in [0.29, 0.717) is 33.7 Å². The Bertz CT molecular complexity index is 1570. The van der Waals surface area contributed by atoms with Crippen molar-refractivity contribution in [1.82, 2.24) is 19.9 Å². The Morgan fingerprint density at radius 2 is 1.09 bits per heavy atom. The van der Waals surface area contributed by atoms with Crippen LogP contribution in [0.4, 0.5) is 11.6 Å². The first-order valence-corrected chi connectivity index (χ1v) is 17.6. The molecule has 2 aromatic carbocycles. The van der Waals surface area contributed by atoms with Gasteiger partial charge in [-0.3, -0.25) is 0 Å². The summed E-state index contributed by atoms with van der Waals surface area (Å²) in [6.45, 7) is 7.77. The van der Waals surface area contributed by atoms with Crippen molar-refractivity contribution < 1.29 is 10.0 Å². The Balaban J connectivity index is 0.000000168. The van der Waals surface area contributed by atoms with Crippen molar-refractivity contribution >= 4 is 70.0 Å². The number of hydrogen-bond acceptors (Lipinski definition) is 8. The molecule has 0 aliphatic heterocycles. The molecule has 0 amide bonds. The van der Waals surface area contributed by atoms with Crippen molar-refractivity contribution in [3.63, 3.8) is 0 Å². The van der Waals surface area contributed by atoms with Gasteiger partial charge in [0.2, 0.25) is 0 Å². The Labute approximate surface area is 296 Å². The summed E-state index contributed by atoms with van der Waals surface area (Å²) < 4.78 is 0.923. The van der Waals surface area contributed by atoms with Gasteiger partial charge in [-0.1, -0.05) is 109 Å². The van der Waals surface area contributed by atoms with Gasteiger partial charge in [-0.25, -0.2) is 19.9 Å². The van der Waals surface area contributed by atoms with E-state index in [1.807, 2.05) is 32.9 Å². The van der Waals surface area contributed by atoms with Crippen LogP contribution >= 0.6 is 45.8 Å². The van der Waals surface area contributed by atoms with Crippen LogP contribution in [-0.4, -0.2) is 49.2 Å². The molecule has 4 aromatic rings. The van der Waals surface area contributed by atoms with E-state index in [-0.39, 0.29) is 0 Å². The molecule has 8 nitrogen and oxygen atoms in total. The minimum Gasteiger partial charge on any atom is -0.423 e. The van der Waals surface area contributed by atoms with E-state index in [1.165, 1.54) is 56.9 Å². The zero-order valence-electron chi connectivity index (χ0n) is 26.8. The van der Waals surface area contributed by atoms with E-state index in [4.69, 9.17) is 33.2 Å². The van der Waals surface area contributed by atoms with Gasteiger partial charge in [0.1, 0.15) is 33.6 Å². The second-order valence-electron chi connectivity index (χ2n) is 11.9. The molecule has 2 aromatic heterocycles. The standard InChI is InChI=1S/C17H20ClN3.C10H13ClIN3.C7H9BO2/c1-11-7-9-13(10-8-11)15-16(18)19-12(2)20-17(15)21-14-5-3-4-6-14;1-6-13-9(11)8(12)10(14-6)15-7-4-2-3-5-7;1-6-2-4-7(5-3-6)8(9)10/h7-10,14H,3-6H2,1-2H3,(H,19,20,21);7H,2-5H2,1H3,(H,13,14,15);2-5,9-10H,1H3. The summed E-state index contributed by atoms with van der Waals surface area (Å²) in [5.41, 5.74) is 4.85. The first-order chi connectivity index (χ1) is 22.0. The molecule has 0 saturated heterocycles. The number of rotatable bonds is 6. The first kappa shape index (κ1) is 36.3. The van der Waals surface area contributed by atoms with Gasteiger partial charge in [0.25, 0.3) is 0 Å². The van der Waals surface area contributed by atoms with Crippen LogP contribution in [-0.2, 0) is 0 Å². The molecule has 244 valence electrons. The SMILES string of the molecule is Cc1ccc(-c2c(Cl)nc(C)nc2NC2CCCC2)cc1.Cc1ccc(B(O)O)cc1.Cc1nc(Cl)c(I)c(NC2CCCC2)n1. The van der Waals surface area contributed by atoms with Gasteiger partial charge in [0, 0.05) is 12.1 Å². The summed E-state index contributed by atoms with van der Waals surface area (Å²) in [5, 5.41) is 25.4. The molecule has 6 rings (SSSR count). The number of halogens is 3. The van der Waals surface area contributed by atoms with Crippen LogP contribution < -0.4 is 16.1 Å². The van der Waals surface area contributed by atoms with E-state index < -0.39 is 7.12 Å². The molecular formula is C34H42BCl2IN6O2. The molecule has 0 atom stereocenters. The number of anilines is 2. The normalized spacial score (nSPS) is 14.6. The zero-order valence-corrected chi connectivity index (χ0v) is 30.5. The number of nitrogens with one attached hydrogen (secondary N) is 2. The van der Waals surface area contributed by atoms with Gasteiger partial charge in [-0.15, -0.1) is 0 Å². The largest absolute Gasteiger partial charge is 0.488 e. The summed E-state index contributed by atoms with van der Waals surface area (Å²) in [6.07, 6.45) is 10.1. The quantitative estimate of drug-likeness (QED) is 0.0891. The fourth-order valence-electron chi connectivity index (χ4n) is 5.50. The molecule has 12 heteroatoms. The zero-order chi connectivity index (χ0) is 33.2. The predicted molar refractivity (Wildman–Crippen MR) is 199 cm³/mol. The molecule has 2 heterocycles. The monoisotopic (exact) mass is 774 g/mol. The minimum atomic E-state index is -1.35. The lowest BCUT2D eigenvalue weighted by Crippen LogP contribution is -2.29. The number of aryl methyl sites for hydroxylation is 4. The smallest absolute Gasteiger partial charge is 0.423 e. The van der Waals surface area contributed by atoms with E-state index in [2.05, 4.69) is 84.3 Å². The third-order valence-corrected chi connectivity index (χ3v) is 9.89. The van der Waals surface area contributed by atoms with E-state index >= 15 is 0 Å². The number of hydrogen-bond donors (Lipinski definition) is 4. The topological polar surface area (TPSA) is 116 Å². The number of aromatic nitrogens is 4. The van der Waals surface area contributed by atoms with Crippen LogP contribution in [0, 0.1) is 31.3 Å². The van der Waals surface area contributed by atoms with Gasteiger partial charge in [0.05, 0.1) is 9.13 Å². The molecule has 2 aliphatic carbocycles. The fourth-order valence-corrected chi connectivity index (χ4v) is 6.43. The van der Waals surface area contributed by atoms with Crippen LogP contribution in [0.2, 0.25) is 10.3 Å². The Morgan fingerprint density at radius 3 is 1.59 bits per heavy atom. The summed E-state index contributed by atoms with van der Waals surface area (Å²) in [4.78, 5) is 17.4. The van der Waals surface area contributed by atoms with Crippen LogP contribution in [0.15, 0.2) is 48.5 Å². The first-order valence-electron chi connectivity index (χ1n) is 15.8. The van der Waals surface area contributed by atoms with Crippen LogP contribution in [0.3, 0.4) is 0 Å². The van der Waals surface area contributed by atoms with Crippen molar-refractivity contribution in [3.8, 4) is 11.1 Å². The molecule has 0 unspecified atom stereocenters. The molecule has 0 radical (unpaired) electrons. The van der Waals surface area contributed by atoms with E-state index in [1.54, 1.807) is 12.1 Å². The molecule has 4 N–H and O–H groups in total. The predicted octanol–water partition coefficient (Wildman–Crippen LogP) is 7.84. The van der Waals surface area contributed by atoms with Crippen molar-refractivity contribution in [2.24, 2.45) is 0 Å². The van der Waals surface area contributed by atoms with Gasteiger partial charge in [0.15, 0.2) is 0 Å². The van der Waals surface area contributed by atoms with Gasteiger partial charge in [-0.2, -0.15) is 0 Å². The van der Waals surface area contributed by atoms with Gasteiger partial charge >= 0.3 is 7.12 Å². The average Bonchev–Trinajstić information content (AvgIpc) is 3.72. The molecule has 2 saturated carbocycles. The lowest BCUT2D eigenvalue weighted by molar-refractivity contribution is 0.426. The van der Waals surface area contributed by atoms with Crippen LogP contribution in [0.25, 0.3) is 11.1 Å². The average molecular weight is 775 g/mol. The van der Waals surface area contributed by atoms with E-state index in [9.17, 15) is 0 Å². The highest BCUT2D eigenvalue weighted by molar-refractivity contribution is 14.1. The minimum absolute atomic E-state index is 0.500. The molecule has 0 spiro atoms. The van der Waals surface area contributed by atoms with Crippen molar-refractivity contribution in [2.45, 2.75) is 91.1 Å². The fraction of sp³-hybridized carbons (Fsp3) is 0.412. The van der Waals surface area contributed by atoms with Crippen LogP contribution in [0.5, 0.6) is 0 Å². The lowest BCUT2D eigenvalue weighted by Gasteiger charge is -2.17. The van der Waals surface area contributed by atoms with Crippen LogP contribution in [0.1, 0.15) is 74.1 Å². The third-order valence-electron chi connectivity index (χ3n) is 8.01. The Morgan fingerprint density at radius 1 is 0.652 bits per heavy atom. The van der Waals surface area contributed by atoms with E-state index in [0.717, 1.165) is 37.7 Å². The highest BCUT2D eigenvalue weighted by atomic mass is 127. The van der Waals surface area contributed by atoms with Crippen molar-refractivity contribution in [2.75, 3.05) is 10.6 Å². The van der Waals surface area contributed by atoms with Crippen molar-refractivity contribution in [3.05, 3.63) is 85.2 Å². The lowest BCUT2D eigenvalue weighted by atomic mass is 9.80. The summed E-state index contributed by atoms with van der Waals surface area (Å²) in [6, 6.07) is 16.5. The number of benzene rings is 2. The van der Waals surface area contributed by atoms with Gasteiger partial charge in [-0.05, 0) is 87.0 Å². The number of nitrogens with zero attached hydrogens (tertiary/aromatic N) is 4. The molecule has 0 bridgehead atoms. The molecule has 46 heavy (non-hydrogen) atoms. The third kappa shape index (κ3) is 10.8. The molecular weight excluding hydrogens is 733 g/mol. The second kappa shape index (κ2) is 17.6. The summed E-state index contributed by atoms with van der Waals surface area (Å²) in [7, 11) is -1.35. The molecule has 2 aliphatic rings. The Hall–Kier alpha value is -2.51. The summed E-state index contributed by atoms with van der Waals surface area (Å²) in [5.74, 6) is 3.18. The van der Waals surface area contributed by atoms with Crippen molar-refractivity contribution in [1.29, 1.82) is 0 Å². The maximum absolute atomic E-state index is 8.67. The Kier molecular flexibility index (Phi) is 13.9.